The third-order valence-corrected chi connectivity index (χ3v) is 8.44. The molecule has 0 saturated heterocycles. The van der Waals surface area contributed by atoms with Crippen molar-refractivity contribution in [3.8, 4) is 0 Å². The van der Waals surface area contributed by atoms with Crippen molar-refractivity contribution in [3.63, 3.8) is 0 Å². The Kier molecular flexibility index (Phi) is 7.35. The zero-order valence-corrected chi connectivity index (χ0v) is 19.6. The number of aryl methyl sites for hydroxylation is 1. The molecule has 1 amide bonds. The van der Waals surface area contributed by atoms with Crippen LogP contribution in [0, 0.1) is 0 Å². The van der Waals surface area contributed by atoms with Crippen molar-refractivity contribution in [2.75, 3.05) is 0 Å². The van der Waals surface area contributed by atoms with Gasteiger partial charge in [0.2, 0.25) is 0 Å². The van der Waals surface area contributed by atoms with E-state index in [2.05, 4.69) is 36.4 Å². The van der Waals surface area contributed by atoms with Crippen LogP contribution >= 0.6 is 7.05 Å². The summed E-state index contributed by atoms with van der Waals surface area (Å²) in [7, 11) is -0.616. The summed E-state index contributed by atoms with van der Waals surface area (Å²) in [5.41, 5.74) is 0.585. The zero-order valence-electron chi connectivity index (χ0n) is 16.6. The van der Waals surface area contributed by atoms with Gasteiger partial charge in [-0.3, -0.25) is 4.79 Å². The highest BCUT2D eigenvalue weighted by Gasteiger charge is 2.29. The molecule has 0 unspecified atom stereocenters. The van der Waals surface area contributed by atoms with E-state index in [1.54, 1.807) is 0 Å². The second-order valence-electron chi connectivity index (χ2n) is 6.81. The average molecular weight is 524 g/mol. The number of halogens is 1. The first kappa shape index (κ1) is 22.1. The van der Waals surface area contributed by atoms with Gasteiger partial charge >= 0.3 is 0 Å². The van der Waals surface area contributed by atoms with Gasteiger partial charge in [0, 0.05) is 22.0 Å². The first-order chi connectivity index (χ1) is 14.2. The minimum absolute atomic E-state index is 0. The lowest BCUT2D eigenvalue weighted by Gasteiger charge is -2.26. The topological polar surface area (TPSA) is 33.3 Å². The summed E-state index contributed by atoms with van der Waals surface area (Å²) in [6, 6.07) is 34.2. The Balaban J connectivity index is 0.00000256. The molecular weight excluding hydrogens is 502 g/mol. The largest absolute Gasteiger partial charge is 1.00 e. The third-order valence-electron chi connectivity index (χ3n) is 4.82. The normalized spacial score (nSPS) is 10.7. The summed E-state index contributed by atoms with van der Waals surface area (Å²) in [5, 5.41) is 3.18. The summed E-state index contributed by atoms with van der Waals surface area (Å²) in [6.45, 7) is 0. The van der Waals surface area contributed by atoms with Gasteiger partial charge in [-0.1, -0.05) is 91.0 Å². The molecule has 0 aliphatic carbocycles. The molecule has 3 aromatic carbocycles. The molecule has 150 valence electrons. The molecule has 5 heteroatoms. The summed E-state index contributed by atoms with van der Waals surface area (Å²) in [5.74, 6) is -0.203. The molecule has 0 spiro atoms. The van der Waals surface area contributed by atoms with E-state index in [0.29, 0.717) is 5.56 Å². The number of hydrogen-bond acceptors (Lipinski definition) is 1. The number of benzene rings is 3. The molecule has 0 N–H and O–H groups in total. The first-order valence-corrected chi connectivity index (χ1v) is 11.2. The maximum absolute atomic E-state index is 13.4. The molecule has 0 fully saturated rings. The average Bonchev–Trinajstić information content (AvgIpc) is 2.79. The standard InChI is InChI=1S/C25H22N2OP.HI/c1-27-19-11-12-21(20-27)25(28)26-29(22-13-5-2-6-14-22,23-15-7-3-8-16-23)24-17-9-4-10-18-24;/h2-20H,1H3;1H/q+1;/p-1. The monoisotopic (exact) mass is 524 g/mol. The lowest BCUT2D eigenvalue weighted by atomic mass is 10.3. The van der Waals surface area contributed by atoms with Gasteiger partial charge in [-0.05, 0) is 6.07 Å². The van der Waals surface area contributed by atoms with E-state index in [-0.39, 0.29) is 29.9 Å². The lowest BCUT2D eigenvalue weighted by Crippen LogP contribution is -3.00. The van der Waals surface area contributed by atoms with Crippen LogP contribution in [-0.4, -0.2) is 5.91 Å². The van der Waals surface area contributed by atoms with Crippen LogP contribution < -0.4 is 44.5 Å². The highest BCUT2D eigenvalue weighted by atomic mass is 127. The van der Waals surface area contributed by atoms with E-state index in [4.69, 9.17) is 4.74 Å². The van der Waals surface area contributed by atoms with E-state index < -0.39 is 7.05 Å². The lowest BCUT2D eigenvalue weighted by molar-refractivity contribution is -0.671. The molecule has 0 radical (unpaired) electrons. The van der Waals surface area contributed by atoms with E-state index in [0.717, 1.165) is 15.9 Å². The van der Waals surface area contributed by atoms with Crippen LogP contribution in [-0.2, 0) is 7.05 Å². The minimum atomic E-state index is -2.52. The summed E-state index contributed by atoms with van der Waals surface area (Å²) in [4.78, 5) is 13.4. The van der Waals surface area contributed by atoms with Crippen LogP contribution in [0.5, 0.6) is 0 Å². The van der Waals surface area contributed by atoms with E-state index >= 15 is 0 Å². The minimum Gasteiger partial charge on any atom is -1.00 e. The second kappa shape index (κ2) is 9.96. The molecule has 0 saturated carbocycles. The van der Waals surface area contributed by atoms with Crippen molar-refractivity contribution in [2.45, 2.75) is 0 Å². The van der Waals surface area contributed by atoms with E-state index in [1.165, 1.54) is 0 Å². The number of rotatable bonds is 4. The van der Waals surface area contributed by atoms with Crippen molar-refractivity contribution in [1.29, 1.82) is 0 Å². The number of amides is 1. The fourth-order valence-electron chi connectivity index (χ4n) is 3.46. The molecule has 30 heavy (non-hydrogen) atoms. The van der Waals surface area contributed by atoms with Crippen molar-refractivity contribution >= 4 is 28.9 Å². The highest BCUT2D eigenvalue weighted by molar-refractivity contribution is 7.87. The van der Waals surface area contributed by atoms with Crippen molar-refractivity contribution < 1.29 is 33.3 Å². The maximum atomic E-state index is 13.4. The number of aromatic nitrogens is 1. The fraction of sp³-hybridized carbons (Fsp3) is 0.0400. The second-order valence-corrected chi connectivity index (χ2v) is 9.83. The van der Waals surface area contributed by atoms with Gasteiger partial charge in [0.15, 0.2) is 12.4 Å². The van der Waals surface area contributed by atoms with E-state index in [1.807, 2.05) is 90.7 Å². The summed E-state index contributed by atoms with van der Waals surface area (Å²) < 4.78 is 6.86. The van der Waals surface area contributed by atoms with Gasteiger partial charge in [0.25, 0.3) is 5.91 Å². The predicted molar refractivity (Wildman–Crippen MR) is 120 cm³/mol. The van der Waals surface area contributed by atoms with Crippen LogP contribution in [0.4, 0.5) is 0 Å². The molecule has 0 bridgehead atoms. The SMILES string of the molecule is C[n+]1cccc(C(=O)N=P(c2ccccc2)(c2ccccc2)c2ccccc2)c1.[I-]. The number of hydrogen-bond donors (Lipinski definition) is 0. The summed E-state index contributed by atoms with van der Waals surface area (Å²) in [6.07, 6.45) is 3.73. The van der Waals surface area contributed by atoms with Gasteiger partial charge in [-0.2, -0.15) is 0 Å². The molecular formula is C25H22IN2OP. The smallest absolute Gasteiger partial charge is 0.282 e. The van der Waals surface area contributed by atoms with Gasteiger partial charge in [0.05, 0.1) is 7.05 Å². The van der Waals surface area contributed by atoms with E-state index in [9.17, 15) is 4.79 Å². The molecule has 3 nitrogen and oxygen atoms in total. The van der Waals surface area contributed by atoms with Crippen LogP contribution in [0.2, 0.25) is 0 Å². The predicted octanol–water partition coefficient (Wildman–Crippen LogP) is 0.833. The molecule has 4 aromatic rings. The Bertz CT molecular complexity index is 1080. The zero-order chi connectivity index (χ0) is 20.1. The number of carbonyl (C=O) groups is 1. The van der Waals surface area contributed by atoms with Gasteiger partial charge in [0.1, 0.15) is 12.6 Å². The van der Waals surface area contributed by atoms with Crippen LogP contribution in [0.1, 0.15) is 10.4 Å². The number of nitrogens with zero attached hydrogens (tertiary/aromatic N) is 2. The Morgan fingerprint density at radius 3 is 1.53 bits per heavy atom. The number of carbonyl (C=O) groups excluding carboxylic acids is 1. The Labute approximate surface area is 194 Å². The van der Waals surface area contributed by atoms with Crippen molar-refractivity contribution in [3.05, 3.63) is 121 Å². The quantitative estimate of drug-likeness (QED) is 0.221. The fourth-order valence-corrected chi connectivity index (χ4v) is 6.90. The Hall–Kier alpha value is -2.56. The Morgan fingerprint density at radius 1 is 0.700 bits per heavy atom. The molecule has 1 aromatic heterocycles. The van der Waals surface area contributed by atoms with Crippen molar-refractivity contribution in [2.24, 2.45) is 11.8 Å². The van der Waals surface area contributed by atoms with Crippen LogP contribution in [0.15, 0.2) is 120 Å². The van der Waals surface area contributed by atoms with Gasteiger partial charge in [-0.15, -0.1) is 0 Å². The maximum Gasteiger partial charge on any atom is 0.282 e. The molecule has 0 aliphatic rings. The third kappa shape index (κ3) is 4.45. The van der Waals surface area contributed by atoms with Gasteiger partial charge < -0.3 is 24.0 Å². The van der Waals surface area contributed by atoms with Crippen LogP contribution in [0.3, 0.4) is 0 Å². The molecule has 0 atom stereocenters. The highest BCUT2D eigenvalue weighted by Crippen LogP contribution is 2.46. The molecule has 0 aliphatic heterocycles. The first-order valence-electron chi connectivity index (χ1n) is 9.49. The van der Waals surface area contributed by atoms with Crippen LogP contribution in [0.25, 0.3) is 0 Å². The molecule has 4 rings (SSSR count). The summed E-state index contributed by atoms with van der Waals surface area (Å²) >= 11 is 0. The van der Waals surface area contributed by atoms with Crippen molar-refractivity contribution in [1.82, 2.24) is 0 Å². The number of pyridine rings is 1. The molecule has 1 heterocycles. The Morgan fingerprint density at radius 2 is 1.13 bits per heavy atom. The van der Waals surface area contributed by atoms with Gasteiger partial charge in [-0.25, -0.2) is 9.31 Å².